The number of hydrogen-bond acceptors (Lipinski definition) is 1. The van der Waals surface area contributed by atoms with Crippen molar-refractivity contribution in [3.8, 4) is 0 Å². The SMILES string of the molecule is CCC(C)c1ccc(COCCc2cccc3ccccc23)cc1.CCC(C)c1ccc2ccccc2c1.CCC(C)c1cccc2ccccc12.CCCc1cccc2c(CCC)cccc12. The highest BCUT2D eigenvalue weighted by Crippen LogP contribution is 2.28. The topological polar surface area (TPSA) is 9.23 Å². The fourth-order valence-electron chi connectivity index (χ4n) is 9.13. The van der Waals surface area contributed by atoms with E-state index in [-0.39, 0.29) is 0 Å². The van der Waals surface area contributed by atoms with Gasteiger partial charge in [0.25, 0.3) is 0 Å². The number of hydrogen-bond donors (Lipinski definition) is 0. The van der Waals surface area contributed by atoms with E-state index in [1.165, 1.54) is 127 Å². The van der Waals surface area contributed by atoms with Crippen molar-refractivity contribution < 1.29 is 4.74 Å². The lowest BCUT2D eigenvalue weighted by Crippen LogP contribution is -2.00. The molecule has 0 aliphatic carbocycles. The summed E-state index contributed by atoms with van der Waals surface area (Å²) >= 11 is 0. The van der Waals surface area contributed by atoms with Crippen LogP contribution >= 0.6 is 0 Å². The monoisotopic (exact) mass is 899 g/mol. The predicted molar refractivity (Wildman–Crippen MR) is 300 cm³/mol. The normalized spacial score (nSPS) is 12.3. The molecule has 0 amide bonds. The van der Waals surface area contributed by atoms with E-state index in [2.05, 4.69) is 243 Å². The molecule has 9 aromatic rings. The molecule has 0 fully saturated rings. The van der Waals surface area contributed by atoms with Gasteiger partial charge in [-0.3, -0.25) is 0 Å². The molecule has 1 nitrogen and oxygen atoms in total. The summed E-state index contributed by atoms with van der Waals surface area (Å²) in [6.07, 6.45) is 9.35. The largest absolute Gasteiger partial charge is 0.376 e. The second kappa shape index (κ2) is 27.1. The fourth-order valence-corrected chi connectivity index (χ4v) is 9.13. The summed E-state index contributed by atoms with van der Waals surface area (Å²) in [5.74, 6) is 1.95. The van der Waals surface area contributed by atoms with E-state index < -0.39 is 0 Å². The molecule has 352 valence electrons. The highest BCUT2D eigenvalue weighted by molar-refractivity contribution is 5.89. The lowest BCUT2D eigenvalue weighted by atomic mass is 9.93. The maximum atomic E-state index is 5.90. The van der Waals surface area contributed by atoms with Crippen LogP contribution in [0.15, 0.2) is 188 Å². The zero-order valence-electron chi connectivity index (χ0n) is 42.6. The van der Waals surface area contributed by atoms with Gasteiger partial charge in [-0.1, -0.05) is 256 Å². The van der Waals surface area contributed by atoms with Crippen LogP contribution in [0.3, 0.4) is 0 Å². The average Bonchev–Trinajstić information content (AvgIpc) is 3.40. The molecule has 9 aromatic carbocycles. The van der Waals surface area contributed by atoms with Crippen molar-refractivity contribution in [2.75, 3.05) is 6.61 Å². The molecule has 0 aromatic heterocycles. The lowest BCUT2D eigenvalue weighted by molar-refractivity contribution is 0.124. The third-order valence-corrected chi connectivity index (χ3v) is 13.9. The van der Waals surface area contributed by atoms with E-state index in [4.69, 9.17) is 4.74 Å². The summed E-state index contributed by atoms with van der Waals surface area (Å²) in [6, 6.07) is 67.9. The first kappa shape index (κ1) is 51.4. The Balaban J connectivity index is 0.000000154. The van der Waals surface area contributed by atoms with Crippen molar-refractivity contribution in [1.29, 1.82) is 0 Å². The van der Waals surface area contributed by atoms with E-state index in [0.29, 0.717) is 24.4 Å². The molecule has 0 saturated heterocycles. The number of rotatable bonds is 15. The summed E-state index contributed by atoms with van der Waals surface area (Å²) in [6.45, 7) is 19.5. The molecular weight excluding hydrogens is 821 g/mol. The van der Waals surface area contributed by atoms with E-state index in [1.807, 2.05) is 0 Å². The lowest BCUT2D eigenvalue weighted by Gasteiger charge is -2.12. The van der Waals surface area contributed by atoms with E-state index in [0.717, 1.165) is 13.0 Å². The molecule has 3 unspecified atom stereocenters. The van der Waals surface area contributed by atoms with Crippen molar-refractivity contribution in [2.24, 2.45) is 0 Å². The van der Waals surface area contributed by atoms with Crippen LogP contribution in [0.4, 0.5) is 0 Å². The Morgan fingerprint density at radius 3 is 1.38 bits per heavy atom. The summed E-state index contributed by atoms with van der Waals surface area (Å²) in [5.41, 5.74) is 9.95. The van der Waals surface area contributed by atoms with Crippen LogP contribution in [0.5, 0.6) is 0 Å². The van der Waals surface area contributed by atoms with Gasteiger partial charge in [0.15, 0.2) is 0 Å². The predicted octanol–water partition coefficient (Wildman–Crippen LogP) is 19.6. The number of benzene rings is 9. The Morgan fingerprint density at radius 2 is 0.794 bits per heavy atom. The molecular formula is C67H78O. The maximum absolute atomic E-state index is 5.90. The number of fused-ring (bicyclic) bond motifs is 4. The number of ether oxygens (including phenoxy) is 1. The van der Waals surface area contributed by atoms with Gasteiger partial charge >= 0.3 is 0 Å². The molecule has 0 saturated carbocycles. The second-order valence-electron chi connectivity index (χ2n) is 18.7. The second-order valence-corrected chi connectivity index (χ2v) is 18.7. The quantitative estimate of drug-likeness (QED) is 0.0932. The third-order valence-electron chi connectivity index (χ3n) is 13.9. The van der Waals surface area contributed by atoms with Crippen LogP contribution in [0.2, 0.25) is 0 Å². The summed E-state index contributed by atoms with van der Waals surface area (Å²) in [7, 11) is 0. The molecule has 0 radical (unpaired) electrons. The van der Waals surface area contributed by atoms with Gasteiger partial charge in [0.2, 0.25) is 0 Å². The standard InChI is InChI=1S/C23H26O.C16H20.2C14H16/c1-3-18(2)20-13-11-19(12-14-20)17-24-16-15-22-9-6-8-21-7-4-5-10-23(21)22;1-3-7-13-9-5-12-16-14(8-4-2)10-6-11-15(13)16;1-3-11(2)13-10-6-8-12-7-4-5-9-14(12)13;1-3-11(2)13-9-8-12-6-4-5-7-14(12)10-13/h4-14,18H,3,15-17H2,1-2H3;5-6,9-12H,3-4,7-8H2,1-2H3;2*4-11H,3H2,1-2H3. The van der Waals surface area contributed by atoms with Crippen molar-refractivity contribution in [3.63, 3.8) is 0 Å². The zero-order valence-corrected chi connectivity index (χ0v) is 42.6. The summed E-state index contributed by atoms with van der Waals surface area (Å²) in [4.78, 5) is 0. The van der Waals surface area contributed by atoms with Crippen molar-refractivity contribution in [1.82, 2.24) is 0 Å². The number of aryl methyl sites for hydroxylation is 2. The fraction of sp³-hybridized carbons (Fsp3) is 0.313. The average molecular weight is 899 g/mol. The van der Waals surface area contributed by atoms with Gasteiger partial charge in [-0.2, -0.15) is 0 Å². The van der Waals surface area contributed by atoms with E-state index in [9.17, 15) is 0 Å². The van der Waals surface area contributed by atoms with Gasteiger partial charge in [-0.15, -0.1) is 0 Å². The Bertz CT molecular complexity index is 2820. The van der Waals surface area contributed by atoms with Crippen LogP contribution in [0.25, 0.3) is 43.1 Å². The van der Waals surface area contributed by atoms with Gasteiger partial charge in [0.05, 0.1) is 13.2 Å². The van der Waals surface area contributed by atoms with Gasteiger partial charge in [0.1, 0.15) is 0 Å². The Morgan fingerprint density at radius 1 is 0.353 bits per heavy atom. The molecule has 0 heterocycles. The van der Waals surface area contributed by atoms with Gasteiger partial charge in [-0.25, -0.2) is 0 Å². The van der Waals surface area contributed by atoms with Gasteiger partial charge < -0.3 is 4.74 Å². The molecule has 0 N–H and O–H groups in total. The van der Waals surface area contributed by atoms with Crippen LogP contribution < -0.4 is 0 Å². The van der Waals surface area contributed by atoms with Crippen LogP contribution in [-0.4, -0.2) is 6.61 Å². The molecule has 1 heteroatoms. The van der Waals surface area contributed by atoms with Gasteiger partial charge in [-0.05, 0) is 138 Å². The summed E-state index contributed by atoms with van der Waals surface area (Å²) < 4.78 is 5.90. The molecule has 0 aliphatic rings. The Hall–Kier alpha value is -6.02. The Labute approximate surface area is 410 Å². The molecule has 0 bridgehead atoms. The minimum Gasteiger partial charge on any atom is -0.376 e. The molecule has 68 heavy (non-hydrogen) atoms. The van der Waals surface area contributed by atoms with Crippen molar-refractivity contribution >= 4 is 43.1 Å². The molecule has 3 atom stereocenters. The molecule has 0 aliphatic heterocycles. The van der Waals surface area contributed by atoms with E-state index in [1.54, 1.807) is 0 Å². The maximum Gasteiger partial charge on any atom is 0.0717 e. The van der Waals surface area contributed by atoms with E-state index >= 15 is 0 Å². The highest BCUT2D eigenvalue weighted by atomic mass is 16.5. The zero-order chi connectivity index (χ0) is 48.1. The summed E-state index contributed by atoms with van der Waals surface area (Å²) in [5, 5.41) is 11.0. The van der Waals surface area contributed by atoms with Crippen LogP contribution in [-0.2, 0) is 30.6 Å². The minimum atomic E-state index is 0.631. The Kier molecular flexibility index (Phi) is 20.5. The van der Waals surface area contributed by atoms with Crippen LogP contribution in [0, 0.1) is 0 Å². The van der Waals surface area contributed by atoms with Crippen molar-refractivity contribution in [2.45, 2.75) is 131 Å². The smallest absolute Gasteiger partial charge is 0.0717 e. The first-order chi connectivity index (χ1) is 33.3. The van der Waals surface area contributed by atoms with Crippen LogP contribution in [0.1, 0.15) is 144 Å². The molecule has 9 rings (SSSR count). The van der Waals surface area contributed by atoms with Crippen molar-refractivity contribution in [3.05, 3.63) is 227 Å². The first-order valence-electron chi connectivity index (χ1n) is 25.9. The first-order valence-corrected chi connectivity index (χ1v) is 25.9. The minimum absolute atomic E-state index is 0.631. The molecule has 0 spiro atoms. The van der Waals surface area contributed by atoms with Gasteiger partial charge in [0, 0.05) is 0 Å². The highest BCUT2D eigenvalue weighted by Gasteiger charge is 2.08. The third kappa shape index (κ3) is 14.3.